The van der Waals surface area contributed by atoms with Gasteiger partial charge in [0, 0.05) is 43.4 Å². The molecule has 1 fully saturated rings. The van der Waals surface area contributed by atoms with E-state index < -0.39 is 0 Å². The summed E-state index contributed by atoms with van der Waals surface area (Å²) in [5.74, 6) is 0.339. The number of aromatic nitrogens is 2. The van der Waals surface area contributed by atoms with Crippen LogP contribution in [0.4, 0.5) is 17.3 Å². The van der Waals surface area contributed by atoms with Crippen LogP contribution in [0.15, 0.2) is 36.7 Å². The van der Waals surface area contributed by atoms with E-state index in [2.05, 4.69) is 42.5 Å². The zero-order chi connectivity index (χ0) is 19.8. The van der Waals surface area contributed by atoms with Gasteiger partial charge in [0.2, 0.25) is 5.95 Å². The van der Waals surface area contributed by atoms with Crippen LogP contribution >= 0.6 is 0 Å². The van der Waals surface area contributed by atoms with Crippen LogP contribution in [-0.4, -0.2) is 61.0 Å². The number of hydrogen-bond acceptors (Lipinski definition) is 6. The van der Waals surface area contributed by atoms with Gasteiger partial charge in [-0.05, 0) is 70.6 Å². The van der Waals surface area contributed by atoms with Gasteiger partial charge in [0.15, 0.2) is 0 Å². The molecule has 1 amide bonds. The average Bonchev–Trinajstić information content (AvgIpc) is 2.73. The molecule has 1 saturated heterocycles. The summed E-state index contributed by atoms with van der Waals surface area (Å²) in [6, 6.07) is 8.03. The first-order chi connectivity index (χ1) is 13.6. The highest BCUT2D eigenvalue weighted by Crippen LogP contribution is 2.22. The van der Waals surface area contributed by atoms with Crippen molar-refractivity contribution >= 4 is 23.2 Å². The van der Waals surface area contributed by atoms with Crippen LogP contribution in [0.3, 0.4) is 0 Å². The van der Waals surface area contributed by atoms with Gasteiger partial charge in [-0.25, -0.2) is 9.97 Å². The van der Waals surface area contributed by atoms with Crippen molar-refractivity contribution in [1.82, 2.24) is 14.9 Å². The summed E-state index contributed by atoms with van der Waals surface area (Å²) in [5, 5.41) is 6.08. The Morgan fingerprint density at radius 2 is 1.75 bits per heavy atom. The normalized spacial score (nSPS) is 14.2. The monoisotopic (exact) mass is 382 g/mol. The SMILES string of the molecule is CN(C)CCCNc1ncc(C(=O)Nc2ccc(N3CCCCC3)cc2)cn1. The van der Waals surface area contributed by atoms with E-state index in [-0.39, 0.29) is 5.91 Å². The summed E-state index contributed by atoms with van der Waals surface area (Å²) in [5.41, 5.74) is 2.43. The standard InChI is InChI=1S/C21H30N6O/c1-26(2)12-6-11-22-21-23-15-17(16-24-21)20(28)25-18-7-9-19(10-8-18)27-13-4-3-5-14-27/h7-10,15-16H,3-6,11-14H2,1-2H3,(H,25,28)(H,22,23,24). The smallest absolute Gasteiger partial charge is 0.258 e. The van der Waals surface area contributed by atoms with Gasteiger partial charge in [0.1, 0.15) is 0 Å². The molecule has 0 radical (unpaired) electrons. The summed E-state index contributed by atoms with van der Waals surface area (Å²) in [4.78, 5) is 25.4. The van der Waals surface area contributed by atoms with E-state index in [1.165, 1.54) is 24.9 Å². The molecule has 150 valence electrons. The highest BCUT2D eigenvalue weighted by atomic mass is 16.1. The van der Waals surface area contributed by atoms with Crippen molar-refractivity contribution in [3.8, 4) is 0 Å². The van der Waals surface area contributed by atoms with E-state index in [1.54, 1.807) is 12.4 Å². The summed E-state index contributed by atoms with van der Waals surface area (Å²) in [7, 11) is 4.09. The topological polar surface area (TPSA) is 73.4 Å². The molecule has 0 spiro atoms. The summed E-state index contributed by atoms with van der Waals surface area (Å²) >= 11 is 0. The number of carbonyl (C=O) groups is 1. The first kappa shape index (κ1) is 20.1. The van der Waals surface area contributed by atoms with E-state index in [4.69, 9.17) is 0 Å². The molecule has 1 aromatic heterocycles. The second kappa shape index (κ2) is 10.0. The molecule has 0 bridgehead atoms. The Hall–Kier alpha value is -2.67. The fourth-order valence-corrected chi connectivity index (χ4v) is 3.24. The van der Waals surface area contributed by atoms with Gasteiger partial charge >= 0.3 is 0 Å². The van der Waals surface area contributed by atoms with Crippen molar-refractivity contribution in [1.29, 1.82) is 0 Å². The van der Waals surface area contributed by atoms with Gasteiger partial charge in [0.05, 0.1) is 5.56 Å². The molecule has 2 aromatic rings. The maximum atomic E-state index is 12.4. The molecule has 7 heteroatoms. The maximum absolute atomic E-state index is 12.4. The lowest BCUT2D eigenvalue weighted by Crippen LogP contribution is -2.29. The zero-order valence-electron chi connectivity index (χ0n) is 16.8. The number of nitrogens with one attached hydrogen (secondary N) is 2. The summed E-state index contributed by atoms with van der Waals surface area (Å²) in [6.07, 6.45) is 7.93. The van der Waals surface area contributed by atoms with Crippen LogP contribution < -0.4 is 15.5 Å². The minimum atomic E-state index is -0.204. The predicted molar refractivity (Wildman–Crippen MR) is 114 cm³/mol. The van der Waals surface area contributed by atoms with Crippen molar-refractivity contribution in [2.45, 2.75) is 25.7 Å². The van der Waals surface area contributed by atoms with Crippen molar-refractivity contribution in [3.05, 3.63) is 42.2 Å². The Morgan fingerprint density at radius 3 is 2.39 bits per heavy atom. The molecule has 0 aliphatic carbocycles. The Kier molecular flexibility index (Phi) is 7.19. The Morgan fingerprint density at radius 1 is 1.07 bits per heavy atom. The molecule has 0 atom stereocenters. The van der Waals surface area contributed by atoms with Crippen LogP contribution in [0.25, 0.3) is 0 Å². The highest BCUT2D eigenvalue weighted by molar-refractivity contribution is 6.03. The largest absolute Gasteiger partial charge is 0.372 e. The number of hydrogen-bond donors (Lipinski definition) is 2. The minimum Gasteiger partial charge on any atom is -0.372 e. The molecule has 2 N–H and O–H groups in total. The lowest BCUT2D eigenvalue weighted by atomic mass is 10.1. The third kappa shape index (κ3) is 5.92. The fourth-order valence-electron chi connectivity index (χ4n) is 3.24. The van der Waals surface area contributed by atoms with Gasteiger partial charge in [-0.15, -0.1) is 0 Å². The van der Waals surface area contributed by atoms with Crippen LogP contribution in [0.1, 0.15) is 36.0 Å². The predicted octanol–water partition coefficient (Wildman–Crippen LogP) is 3.08. The summed E-state index contributed by atoms with van der Waals surface area (Å²) < 4.78 is 0. The fraction of sp³-hybridized carbons (Fsp3) is 0.476. The van der Waals surface area contributed by atoms with Crippen LogP contribution in [0, 0.1) is 0 Å². The number of carbonyl (C=O) groups excluding carboxylic acids is 1. The lowest BCUT2D eigenvalue weighted by molar-refractivity contribution is 0.102. The molecule has 3 rings (SSSR count). The third-order valence-electron chi connectivity index (χ3n) is 4.83. The number of amides is 1. The van der Waals surface area contributed by atoms with E-state index in [1.807, 2.05) is 26.2 Å². The van der Waals surface area contributed by atoms with Crippen molar-refractivity contribution in [2.75, 3.05) is 55.8 Å². The maximum Gasteiger partial charge on any atom is 0.258 e. The third-order valence-corrected chi connectivity index (χ3v) is 4.83. The second-order valence-corrected chi connectivity index (χ2v) is 7.43. The first-order valence-electron chi connectivity index (χ1n) is 9.99. The van der Waals surface area contributed by atoms with E-state index in [0.29, 0.717) is 11.5 Å². The van der Waals surface area contributed by atoms with Crippen LogP contribution in [0.2, 0.25) is 0 Å². The van der Waals surface area contributed by atoms with Crippen molar-refractivity contribution in [2.24, 2.45) is 0 Å². The highest BCUT2D eigenvalue weighted by Gasteiger charge is 2.12. The Balaban J connectivity index is 1.50. The van der Waals surface area contributed by atoms with E-state index in [9.17, 15) is 4.79 Å². The molecule has 1 aliphatic rings. The first-order valence-corrected chi connectivity index (χ1v) is 9.99. The molecule has 1 aliphatic heterocycles. The molecule has 0 unspecified atom stereocenters. The number of nitrogens with zero attached hydrogens (tertiary/aromatic N) is 4. The molecule has 2 heterocycles. The number of piperidine rings is 1. The molecular weight excluding hydrogens is 352 g/mol. The van der Waals surface area contributed by atoms with Crippen LogP contribution in [-0.2, 0) is 0 Å². The van der Waals surface area contributed by atoms with Gasteiger partial charge < -0.3 is 20.4 Å². The van der Waals surface area contributed by atoms with Gasteiger partial charge in [-0.1, -0.05) is 0 Å². The quantitative estimate of drug-likeness (QED) is 0.684. The average molecular weight is 383 g/mol. The van der Waals surface area contributed by atoms with Crippen LogP contribution in [0.5, 0.6) is 0 Å². The molecule has 28 heavy (non-hydrogen) atoms. The number of rotatable bonds is 8. The summed E-state index contributed by atoms with van der Waals surface area (Å²) in [6.45, 7) is 4.02. The molecule has 0 saturated carbocycles. The zero-order valence-corrected chi connectivity index (χ0v) is 16.8. The number of anilines is 3. The minimum absolute atomic E-state index is 0.204. The molecule has 1 aromatic carbocycles. The lowest BCUT2D eigenvalue weighted by Gasteiger charge is -2.28. The van der Waals surface area contributed by atoms with Crippen molar-refractivity contribution in [3.63, 3.8) is 0 Å². The Labute approximate surface area is 167 Å². The molecule has 7 nitrogen and oxygen atoms in total. The van der Waals surface area contributed by atoms with E-state index >= 15 is 0 Å². The van der Waals surface area contributed by atoms with E-state index in [0.717, 1.165) is 38.3 Å². The molecular formula is C21H30N6O. The Bertz CT molecular complexity index is 738. The van der Waals surface area contributed by atoms with Crippen molar-refractivity contribution < 1.29 is 4.79 Å². The van der Waals surface area contributed by atoms with Gasteiger partial charge in [-0.3, -0.25) is 4.79 Å². The second-order valence-electron chi connectivity index (χ2n) is 7.43. The number of benzene rings is 1. The van der Waals surface area contributed by atoms with Gasteiger partial charge in [-0.2, -0.15) is 0 Å². The van der Waals surface area contributed by atoms with Gasteiger partial charge in [0.25, 0.3) is 5.91 Å².